The molecule has 0 saturated heterocycles. The highest BCUT2D eigenvalue weighted by Gasteiger charge is 2.20. The van der Waals surface area contributed by atoms with Crippen molar-refractivity contribution in [1.82, 2.24) is 14.8 Å². The molecule has 0 fully saturated rings. The molecule has 0 aromatic carbocycles. The minimum Gasteiger partial charge on any atom is -0.481 e. The van der Waals surface area contributed by atoms with Gasteiger partial charge < -0.3 is 15.3 Å². The molecule has 0 aliphatic rings. The summed E-state index contributed by atoms with van der Waals surface area (Å²) in [4.78, 5) is 15.2. The average molecular weight is 351 g/mol. The van der Waals surface area contributed by atoms with Gasteiger partial charge in [-0.05, 0) is 32.0 Å². The molecule has 0 bridgehead atoms. The lowest BCUT2D eigenvalue weighted by Gasteiger charge is -2.09. The van der Waals surface area contributed by atoms with Crippen molar-refractivity contribution >= 4 is 11.8 Å². The summed E-state index contributed by atoms with van der Waals surface area (Å²) in [6, 6.07) is 7.28. The summed E-state index contributed by atoms with van der Waals surface area (Å²) in [5.74, 6) is -0.265. The molecule has 132 valence electrons. The Morgan fingerprint density at radius 1 is 1.46 bits per heavy atom. The van der Waals surface area contributed by atoms with Crippen LogP contribution in [0.1, 0.15) is 23.4 Å². The summed E-state index contributed by atoms with van der Waals surface area (Å²) < 4.78 is 7.06. The number of aliphatic carboxylic acids is 1. The largest absolute Gasteiger partial charge is 0.481 e. The van der Waals surface area contributed by atoms with Crippen molar-refractivity contribution in [2.24, 2.45) is 0 Å². The van der Waals surface area contributed by atoms with Gasteiger partial charge in [-0.1, -0.05) is 0 Å². The van der Waals surface area contributed by atoms with Gasteiger partial charge in [0.15, 0.2) is 0 Å². The van der Waals surface area contributed by atoms with Gasteiger partial charge in [0.05, 0.1) is 30.6 Å². The van der Waals surface area contributed by atoms with E-state index < -0.39 is 5.97 Å². The van der Waals surface area contributed by atoms with Gasteiger partial charge in [-0.2, -0.15) is 10.4 Å². The topological polar surface area (TPSA) is 131 Å². The van der Waals surface area contributed by atoms with Crippen molar-refractivity contribution in [1.29, 1.82) is 5.26 Å². The Kier molecular flexibility index (Phi) is 4.45. The molecule has 3 rings (SSSR count). The van der Waals surface area contributed by atoms with Crippen LogP contribution in [0.5, 0.6) is 0 Å². The monoisotopic (exact) mass is 351 g/mol. The standard InChI is InChI=1S/C18H17N5O3/c1-10-17(11(2)23(22-10)6-5-16(24)25)14-8-12(15-4-3-7-26-15)13(9-19)18(20)21-14/h3-4,7-8H,5-6H2,1-2H3,(H2,20,21)(H,24,25). The summed E-state index contributed by atoms with van der Waals surface area (Å²) in [5.41, 5.74) is 9.61. The predicted octanol–water partition coefficient (Wildman–Crippen LogP) is 2.75. The third-order valence-corrected chi connectivity index (χ3v) is 4.12. The number of hydrogen-bond donors (Lipinski definition) is 2. The highest BCUT2D eigenvalue weighted by atomic mass is 16.4. The van der Waals surface area contributed by atoms with Gasteiger partial charge in [-0.25, -0.2) is 4.98 Å². The van der Waals surface area contributed by atoms with Crippen LogP contribution in [0.4, 0.5) is 5.82 Å². The number of carboxylic acids is 1. The van der Waals surface area contributed by atoms with Gasteiger partial charge in [-0.15, -0.1) is 0 Å². The minimum absolute atomic E-state index is 0.0258. The maximum Gasteiger partial charge on any atom is 0.305 e. The van der Waals surface area contributed by atoms with Gasteiger partial charge in [0.2, 0.25) is 0 Å². The van der Waals surface area contributed by atoms with Crippen LogP contribution in [-0.4, -0.2) is 25.8 Å². The van der Waals surface area contributed by atoms with Gasteiger partial charge in [0.25, 0.3) is 0 Å². The second-order valence-electron chi connectivity index (χ2n) is 5.82. The van der Waals surface area contributed by atoms with E-state index in [-0.39, 0.29) is 24.3 Å². The van der Waals surface area contributed by atoms with Gasteiger partial charge in [0.1, 0.15) is 23.2 Å². The third-order valence-electron chi connectivity index (χ3n) is 4.12. The van der Waals surface area contributed by atoms with Crippen molar-refractivity contribution < 1.29 is 14.3 Å². The number of rotatable bonds is 5. The van der Waals surface area contributed by atoms with Crippen molar-refractivity contribution in [3.05, 3.63) is 41.4 Å². The van der Waals surface area contributed by atoms with Crippen LogP contribution in [0, 0.1) is 25.2 Å². The van der Waals surface area contributed by atoms with Gasteiger partial charge >= 0.3 is 5.97 Å². The number of aromatic nitrogens is 3. The van der Waals surface area contributed by atoms with Crippen LogP contribution in [-0.2, 0) is 11.3 Å². The number of nitriles is 1. The number of anilines is 1. The molecule has 0 aliphatic heterocycles. The molecule has 8 nitrogen and oxygen atoms in total. The second-order valence-corrected chi connectivity index (χ2v) is 5.82. The molecule has 26 heavy (non-hydrogen) atoms. The van der Waals surface area contributed by atoms with E-state index in [2.05, 4.69) is 16.2 Å². The zero-order chi connectivity index (χ0) is 18.8. The van der Waals surface area contributed by atoms with Crippen molar-refractivity contribution in [2.75, 3.05) is 5.73 Å². The highest BCUT2D eigenvalue weighted by molar-refractivity contribution is 5.79. The Hall–Kier alpha value is -3.60. The molecular formula is C18H17N5O3. The van der Waals surface area contributed by atoms with E-state index in [0.717, 1.165) is 11.3 Å². The van der Waals surface area contributed by atoms with Crippen molar-refractivity contribution in [3.8, 4) is 28.7 Å². The smallest absolute Gasteiger partial charge is 0.305 e. The number of carbonyl (C=O) groups is 1. The van der Waals surface area contributed by atoms with E-state index in [4.69, 9.17) is 15.3 Å². The fourth-order valence-electron chi connectivity index (χ4n) is 2.92. The number of aryl methyl sites for hydroxylation is 2. The first-order chi connectivity index (χ1) is 12.4. The van der Waals surface area contributed by atoms with Crippen molar-refractivity contribution in [2.45, 2.75) is 26.8 Å². The van der Waals surface area contributed by atoms with E-state index in [1.54, 1.807) is 22.9 Å². The van der Waals surface area contributed by atoms with E-state index in [1.165, 1.54) is 6.26 Å². The van der Waals surface area contributed by atoms with Crippen LogP contribution in [0.15, 0.2) is 28.9 Å². The van der Waals surface area contributed by atoms with Crippen LogP contribution in [0.2, 0.25) is 0 Å². The van der Waals surface area contributed by atoms with Gasteiger partial charge in [-0.3, -0.25) is 9.48 Å². The summed E-state index contributed by atoms with van der Waals surface area (Å²) in [7, 11) is 0. The molecule has 0 saturated carbocycles. The average Bonchev–Trinajstić information content (AvgIpc) is 3.20. The fourth-order valence-corrected chi connectivity index (χ4v) is 2.92. The first kappa shape index (κ1) is 17.2. The van der Waals surface area contributed by atoms with E-state index in [0.29, 0.717) is 22.7 Å². The summed E-state index contributed by atoms with van der Waals surface area (Å²) in [6.07, 6.45) is 1.50. The SMILES string of the molecule is Cc1nn(CCC(=O)O)c(C)c1-c1cc(-c2ccco2)c(C#N)c(N)n1. The van der Waals surface area contributed by atoms with Gasteiger partial charge in [0, 0.05) is 16.8 Å². The highest BCUT2D eigenvalue weighted by Crippen LogP contribution is 2.33. The third kappa shape index (κ3) is 3.02. The first-order valence-corrected chi connectivity index (χ1v) is 7.93. The quantitative estimate of drug-likeness (QED) is 0.722. The maximum absolute atomic E-state index is 10.8. The lowest BCUT2D eigenvalue weighted by Crippen LogP contribution is -2.07. The molecule has 3 aromatic heterocycles. The van der Waals surface area contributed by atoms with E-state index >= 15 is 0 Å². The summed E-state index contributed by atoms with van der Waals surface area (Å²) >= 11 is 0. The van der Waals surface area contributed by atoms with Crippen LogP contribution in [0.3, 0.4) is 0 Å². The number of carboxylic acid groups (broad SMARTS) is 1. The Morgan fingerprint density at radius 3 is 2.85 bits per heavy atom. The normalized spacial score (nSPS) is 10.7. The fraction of sp³-hybridized carbons (Fsp3) is 0.222. The molecular weight excluding hydrogens is 334 g/mol. The zero-order valence-electron chi connectivity index (χ0n) is 14.4. The van der Waals surface area contributed by atoms with E-state index in [1.807, 2.05) is 13.8 Å². The number of nitrogens with zero attached hydrogens (tertiary/aromatic N) is 4. The van der Waals surface area contributed by atoms with E-state index in [9.17, 15) is 10.1 Å². The number of furan rings is 1. The molecule has 0 spiro atoms. The predicted molar refractivity (Wildman–Crippen MR) is 94.0 cm³/mol. The summed E-state index contributed by atoms with van der Waals surface area (Å²) in [6.45, 7) is 3.93. The molecule has 0 amide bonds. The summed E-state index contributed by atoms with van der Waals surface area (Å²) in [5, 5.41) is 22.7. The molecule has 3 heterocycles. The second kappa shape index (κ2) is 6.72. The number of nitrogens with two attached hydrogens (primary N) is 1. The molecule has 0 radical (unpaired) electrons. The Morgan fingerprint density at radius 2 is 2.23 bits per heavy atom. The van der Waals surface area contributed by atoms with Crippen molar-refractivity contribution in [3.63, 3.8) is 0 Å². The Balaban J connectivity index is 2.14. The Labute approximate surface area is 149 Å². The minimum atomic E-state index is -0.889. The van der Waals surface area contributed by atoms with Crippen LogP contribution >= 0.6 is 0 Å². The lowest BCUT2D eigenvalue weighted by atomic mass is 10.0. The molecule has 0 unspecified atom stereocenters. The van der Waals surface area contributed by atoms with Crippen LogP contribution in [0.25, 0.3) is 22.6 Å². The number of nitrogen functional groups attached to an aromatic ring is 1. The molecule has 3 N–H and O–H groups in total. The molecule has 8 heteroatoms. The lowest BCUT2D eigenvalue weighted by molar-refractivity contribution is -0.137. The molecule has 3 aromatic rings. The number of hydrogen-bond acceptors (Lipinski definition) is 6. The molecule has 0 aliphatic carbocycles. The van der Waals surface area contributed by atoms with Crippen LogP contribution < -0.4 is 5.73 Å². The molecule has 0 atom stereocenters. The number of pyridine rings is 1. The Bertz CT molecular complexity index is 1010. The first-order valence-electron chi connectivity index (χ1n) is 7.93. The zero-order valence-corrected chi connectivity index (χ0v) is 14.4. The maximum atomic E-state index is 10.8.